The predicted octanol–water partition coefficient (Wildman–Crippen LogP) is 2.15. The zero-order valence-electron chi connectivity index (χ0n) is 13.7. The van der Waals surface area contributed by atoms with Gasteiger partial charge >= 0.3 is 6.09 Å². The lowest BCUT2D eigenvalue weighted by Gasteiger charge is -2.39. The fourth-order valence-corrected chi connectivity index (χ4v) is 3.36. The molecule has 0 aromatic heterocycles. The summed E-state index contributed by atoms with van der Waals surface area (Å²) in [6, 6.07) is 10.5. The van der Waals surface area contributed by atoms with Crippen LogP contribution in [0.15, 0.2) is 30.3 Å². The largest absolute Gasteiger partial charge is 0.445 e. The van der Waals surface area contributed by atoms with Gasteiger partial charge in [0.2, 0.25) is 0 Å². The molecule has 5 nitrogen and oxygen atoms in total. The third-order valence-corrected chi connectivity index (χ3v) is 5.37. The number of ether oxygens (including phenoxy) is 1. The molecule has 0 saturated heterocycles. The SMILES string of the molecule is CSC(CO)C(C)NC1CC(NC(=O)OCc2ccccc2)C1. The molecule has 0 spiro atoms. The first-order chi connectivity index (χ1) is 11.1. The number of hydrogen-bond acceptors (Lipinski definition) is 5. The maximum absolute atomic E-state index is 11.8. The van der Waals surface area contributed by atoms with E-state index in [-0.39, 0.29) is 30.0 Å². The molecule has 1 aliphatic rings. The average Bonchev–Trinajstić information content (AvgIpc) is 2.53. The Kier molecular flexibility index (Phi) is 7.20. The monoisotopic (exact) mass is 338 g/mol. The van der Waals surface area contributed by atoms with E-state index in [4.69, 9.17) is 4.74 Å². The number of alkyl carbamates (subject to hydrolysis) is 1. The molecule has 1 aliphatic carbocycles. The Morgan fingerprint density at radius 2 is 2.04 bits per heavy atom. The van der Waals surface area contributed by atoms with Gasteiger partial charge in [-0.05, 0) is 31.6 Å². The molecule has 23 heavy (non-hydrogen) atoms. The lowest BCUT2D eigenvalue weighted by Crippen LogP contribution is -2.56. The molecule has 6 heteroatoms. The molecule has 1 saturated carbocycles. The molecule has 2 unspecified atom stereocenters. The number of nitrogens with one attached hydrogen (secondary N) is 2. The molecule has 1 aromatic carbocycles. The Balaban J connectivity index is 1.61. The van der Waals surface area contributed by atoms with Gasteiger partial charge in [0.25, 0.3) is 0 Å². The fraction of sp³-hybridized carbons (Fsp3) is 0.588. The normalized spacial score (nSPS) is 22.7. The molecular formula is C17H26N2O3S. The number of rotatable bonds is 8. The van der Waals surface area contributed by atoms with Crippen molar-refractivity contribution in [3.05, 3.63) is 35.9 Å². The standard InChI is InChI=1S/C17H26N2O3S/c1-12(16(10-20)23-2)18-14-8-15(9-14)19-17(21)22-11-13-6-4-3-5-7-13/h3-7,12,14-16,18,20H,8-11H2,1-2H3,(H,19,21). The molecule has 0 bridgehead atoms. The Labute approximate surface area is 142 Å². The lowest BCUT2D eigenvalue weighted by molar-refractivity contribution is 0.124. The van der Waals surface area contributed by atoms with E-state index in [0.29, 0.717) is 12.6 Å². The van der Waals surface area contributed by atoms with Crippen LogP contribution in [0.1, 0.15) is 25.3 Å². The first kappa shape index (κ1) is 18.1. The highest BCUT2D eigenvalue weighted by Gasteiger charge is 2.32. The smallest absolute Gasteiger partial charge is 0.407 e. The second-order valence-electron chi connectivity index (χ2n) is 5.98. The van der Waals surface area contributed by atoms with Crippen molar-refractivity contribution >= 4 is 17.9 Å². The summed E-state index contributed by atoms with van der Waals surface area (Å²) in [6.07, 6.45) is 3.45. The van der Waals surface area contributed by atoms with Crippen molar-refractivity contribution < 1.29 is 14.6 Å². The summed E-state index contributed by atoms with van der Waals surface area (Å²) in [7, 11) is 0. The predicted molar refractivity (Wildman–Crippen MR) is 93.6 cm³/mol. The van der Waals surface area contributed by atoms with Gasteiger partial charge in [-0.25, -0.2) is 4.79 Å². The summed E-state index contributed by atoms with van der Waals surface area (Å²) < 4.78 is 5.22. The molecule has 0 heterocycles. The first-order valence-electron chi connectivity index (χ1n) is 7.99. The second-order valence-corrected chi connectivity index (χ2v) is 7.06. The molecule has 0 radical (unpaired) electrons. The summed E-state index contributed by atoms with van der Waals surface area (Å²) in [5.74, 6) is 0. The van der Waals surface area contributed by atoms with Crippen molar-refractivity contribution in [3.63, 3.8) is 0 Å². The van der Waals surface area contributed by atoms with Gasteiger partial charge in [0.1, 0.15) is 6.61 Å². The van der Waals surface area contributed by atoms with Crippen molar-refractivity contribution in [2.45, 2.75) is 49.7 Å². The van der Waals surface area contributed by atoms with Crippen molar-refractivity contribution in [1.82, 2.24) is 10.6 Å². The van der Waals surface area contributed by atoms with Gasteiger partial charge in [-0.15, -0.1) is 0 Å². The van der Waals surface area contributed by atoms with Crippen LogP contribution in [0.2, 0.25) is 0 Å². The zero-order chi connectivity index (χ0) is 16.7. The van der Waals surface area contributed by atoms with Gasteiger partial charge in [-0.2, -0.15) is 11.8 Å². The van der Waals surface area contributed by atoms with Crippen molar-refractivity contribution in [1.29, 1.82) is 0 Å². The maximum atomic E-state index is 11.8. The highest BCUT2D eigenvalue weighted by Crippen LogP contribution is 2.22. The van der Waals surface area contributed by atoms with Crippen LogP contribution in [-0.2, 0) is 11.3 Å². The number of amides is 1. The zero-order valence-corrected chi connectivity index (χ0v) is 14.5. The Morgan fingerprint density at radius 3 is 2.65 bits per heavy atom. The lowest BCUT2D eigenvalue weighted by atomic mass is 9.86. The van der Waals surface area contributed by atoms with Crippen LogP contribution in [0.25, 0.3) is 0 Å². The van der Waals surface area contributed by atoms with Crippen LogP contribution < -0.4 is 10.6 Å². The third kappa shape index (κ3) is 5.71. The minimum absolute atomic E-state index is 0.171. The van der Waals surface area contributed by atoms with E-state index in [1.807, 2.05) is 36.6 Å². The summed E-state index contributed by atoms with van der Waals surface area (Å²) in [5.41, 5.74) is 0.983. The van der Waals surface area contributed by atoms with Gasteiger partial charge in [-0.3, -0.25) is 0 Å². The van der Waals surface area contributed by atoms with Gasteiger partial charge in [0, 0.05) is 23.4 Å². The third-order valence-electron chi connectivity index (χ3n) is 4.21. The quantitative estimate of drug-likeness (QED) is 0.677. The summed E-state index contributed by atoms with van der Waals surface area (Å²) in [6.45, 7) is 2.56. The van der Waals surface area contributed by atoms with E-state index >= 15 is 0 Å². The highest BCUT2D eigenvalue weighted by atomic mass is 32.2. The molecule has 1 fully saturated rings. The van der Waals surface area contributed by atoms with Crippen molar-refractivity contribution in [2.75, 3.05) is 12.9 Å². The van der Waals surface area contributed by atoms with Gasteiger partial charge < -0.3 is 20.5 Å². The van der Waals surface area contributed by atoms with E-state index in [1.54, 1.807) is 11.8 Å². The minimum Gasteiger partial charge on any atom is -0.445 e. The number of hydrogen-bond donors (Lipinski definition) is 3. The summed E-state index contributed by atoms with van der Waals surface area (Å²) in [4.78, 5) is 11.8. The van der Waals surface area contributed by atoms with E-state index in [9.17, 15) is 9.90 Å². The molecule has 1 aromatic rings. The van der Waals surface area contributed by atoms with Gasteiger partial charge in [0.15, 0.2) is 0 Å². The van der Waals surface area contributed by atoms with Crippen LogP contribution in [0, 0.1) is 0 Å². The highest BCUT2D eigenvalue weighted by molar-refractivity contribution is 7.99. The maximum Gasteiger partial charge on any atom is 0.407 e. The second kappa shape index (κ2) is 9.15. The Morgan fingerprint density at radius 1 is 1.35 bits per heavy atom. The van der Waals surface area contributed by atoms with E-state index in [0.717, 1.165) is 18.4 Å². The van der Waals surface area contributed by atoms with Crippen LogP contribution in [0.3, 0.4) is 0 Å². The number of carbonyl (C=O) groups is 1. The Hall–Kier alpha value is -1.24. The van der Waals surface area contributed by atoms with Crippen molar-refractivity contribution in [2.24, 2.45) is 0 Å². The van der Waals surface area contributed by atoms with Crippen LogP contribution in [0.4, 0.5) is 4.79 Å². The molecule has 2 rings (SSSR count). The van der Waals surface area contributed by atoms with Crippen LogP contribution in [0.5, 0.6) is 0 Å². The number of aliphatic hydroxyl groups excluding tert-OH is 1. The average molecular weight is 338 g/mol. The molecular weight excluding hydrogens is 312 g/mol. The number of aliphatic hydroxyl groups is 1. The van der Waals surface area contributed by atoms with Crippen LogP contribution in [-0.4, -0.2) is 47.4 Å². The van der Waals surface area contributed by atoms with Gasteiger partial charge in [0.05, 0.1) is 6.61 Å². The molecule has 2 atom stereocenters. The van der Waals surface area contributed by atoms with Gasteiger partial charge in [-0.1, -0.05) is 30.3 Å². The molecule has 3 N–H and O–H groups in total. The number of thioether (sulfide) groups is 1. The summed E-state index contributed by atoms with van der Waals surface area (Å²) in [5, 5.41) is 15.9. The van der Waals surface area contributed by atoms with Crippen molar-refractivity contribution in [3.8, 4) is 0 Å². The number of benzene rings is 1. The Bertz CT molecular complexity index is 476. The topological polar surface area (TPSA) is 70.6 Å². The molecule has 128 valence electrons. The van der Waals surface area contributed by atoms with E-state index in [2.05, 4.69) is 17.6 Å². The fourth-order valence-electron chi connectivity index (χ4n) is 2.72. The van der Waals surface area contributed by atoms with Crippen LogP contribution >= 0.6 is 11.8 Å². The summed E-state index contributed by atoms with van der Waals surface area (Å²) >= 11 is 1.67. The van der Waals surface area contributed by atoms with E-state index in [1.165, 1.54) is 0 Å². The first-order valence-corrected chi connectivity index (χ1v) is 9.28. The molecule has 1 amide bonds. The number of carbonyl (C=O) groups excluding carboxylic acids is 1. The van der Waals surface area contributed by atoms with E-state index < -0.39 is 0 Å². The minimum atomic E-state index is -0.359. The molecule has 0 aliphatic heterocycles.